The molecular weight excluding hydrogens is 220 g/mol. The standard InChI is InChI=1S/C11H20N4O2/c1-3-5-12-7-9-13-14-10(17-9)15-6-4-11(2,16)8-15/h12,16H,3-8H2,1-2H3. The highest BCUT2D eigenvalue weighted by Gasteiger charge is 2.33. The summed E-state index contributed by atoms with van der Waals surface area (Å²) in [5.74, 6) is 0.597. The van der Waals surface area contributed by atoms with Crippen LogP contribution in [0.1, 0.15) is 32.6 Å². The summed E-state index contributed by atoms with van der Waals surface area (Å²) in [6.07, 6.45) is 1.81. The highest BCUT2D eigenvalue weighted by Crippen LogP contribution is 2.25. The summed E-state index contributed by atoms with van der Waals surface area (Å²) in [6, 6.07) is 0.510. The van der Waals surface area contributed by atoms with Gasteiger partial charge in [0.05, 0.1) is 18.7 Å². The molecule has 2 N–H and O–H groups in total. The fraction of sp³-hybridized carbons (Fsp3) is 0.818. The number of hydrogen-bond acceptors (Lipinski definition) is 6. The summed E-state index contributed by atoms with van der Waals surface area (Å²) in [4.78, 5) is 1.93. The summed E-state index contributed by atoms with van der Waals surface area (Å²) in [7, 11) is 0. The van der Waals surface area contributed by atoms with E-state index in [1.54, 1.807) is 0 Å². The van der Waals surface area contributed by atoms with Gasteiger partial charge in [-0.15, -0.1) is 5.10 Å². The molecule has 6 heteroatoms. The molecule has 0 bridgehead atoms. The van der Waals surface area contributed by atoms with Crippen LogP contribution in [-0.2, 0) is 6.54 Å². The zero-order valence-electron chi connectivity index (χ0n) is 10.4. The van der Waals surface area contributed by atoms with Crippen LogP contribution in [0.15, 0.2) is 4.42 Å². The van der Waals surface area contributed by atoms with E-state index in [-0.39, 0.29) is 0 Å². The van der Waals surface area contributed by atoms with Gasteiger partial charge in [0.2, 0.25) is 5.89 Å². The molecule has 0 amide bonds. The second kappa shape index (κ2) is 5.01. The van der Waals surface area contributed by atoms with E-state index >= 15 is 0 Å². The van der Waals surface area contributed by atoms with E-state index in [1.165, 1.54) is 0 Å². The molecule has 1 aromatic rings. The van der Waals surface area contributed by atoms with Gasteiger partial charge in [-0.2, -0.15) is 0 Å². The Labute approximate surface area is 101 Å². The van der Waals surface area contributed by atoms with Crippen molar-refractivity contribution in [2.45, 2.75) is 38.8 Å². The summed E-state index contributed by atoms with van der Waals surface area (Å²) >= 11 is 0. The minimum absolute atomic E-state index is 0.510. The molecule has 0 spiro atoms. The van der Waals surface area contributed by atoms with Gasteiger partial charge in [0.25, 0.3) is 0 Å². The van der Waals surface area contributed by atoms with Gasteiger partial charge in [-0.05, 0) is 26.3 Å². The maximum atomic E-state index is 9.86. The van der Waals surface area contributed by atoms with Crippen molar-refractivity contribution in [3.8, 4) is 0 Å². The lowest BCUT2D eigenvalue weighted by atomic mass is 10.1. The first-order chi connectivity index (χ1) is 8.11. The third kappa shape index (κ3) is 3.17. The molecule has 0 saturated carbocycles. The molecule has 1 saturated heterocycles. The molecule has 1 aliphatic rings. The van der Waals surface area contributed by atoms with Crippen LogP contribution >= 0.6 is 0 Å². The van der Waals surface area contributed by atoms with Crippen LogP contribution in [0, 0.1) is 0 Å². The number of hydrogen-bond donors (Lipinski definition) is 2. The van der Waals surface area contributed by atoms with Gasteiger partial charge >= 0.3 is 6.01 Å². The van der Waals surface area contributed by atoms with Crippen LogP contribution in [0.3, 0.4) is 0 Å². The minimum Gasteiger partial charge on any atom is -0.407 e. The zero-order valence-corrected chi connectivity index (χ0v) is 10.4. The molecule has 1 atom stereocenters. The lowest BCUT2D eigenvalue weighted by molar-refractivity contribution is 0.0836. The van der Waals surface area contributed by atoms with E-state index in [0.29, 0.717) is 25.0 Å². The number of rotatable bonds is 5. The quantitative estimate of drug-likeness (QED) is 0.731. The Morgan fingerprint density at radius 1 is 1.53 bits per heavy atom. The van der Waals surface area contributed by atoms with Crippen molar-refractivity contribution < 1.29 is 9.52 Å². The average molecular weight is 240 g/mol. The fourth-order valence-electron chi connectivity index (χ4n) is 1.92. The molecule has 0 aromatic carbocycles. The van der Waals surface area contributed by atoms with Crippen molar-refractivity contribution >= 4 is 6.01 Å². The Kier molecular flexibility index (Phi) is 3.63. The maximum absolute atomic E-state index is 9.86. The summed E-state index contributed by atoms with van der Waals surface area (Å²) in [5.41, 5.74) is -0.644. The van der Waals surface area contributed by atoms with Crippen LogP contribution < -0.4 is 10.2 Å². The molecule has 1 unspecified atom stereocenters. The summed E-state index contributed by atoms with van der Waals surface area (Å²) < 4.78 is 5.54. The number of β-amino-alcohol motifs (C(OH)–C–C–N with tert-alkyl or cyclic N) is 1. The molecule has 17 heavy (non-hydrogen) atoms. The van der Waals surface area contributed by atoms with Crippen LogP contribution in [0.5, 0.6) is 0 Å². The topological polar surface area (TPSA) is 74.4 Å². The molecule has 0 radical (unpaired) electrons. The number of nitrogens with one attached hydrogen (secondary N) is 1. The zero-order chi connectivity index (χ0) is 12.3. The van der Waals surface area contributed by atoms with Gasteiger partial charge in [-0.1, -0.05) is 12.0 Å². The number of nitrogens with zero attached hydrogens (tertiary/aromatic N) is 3. The van der Waals surface area contributed by atoms with Crippen LogP contribution in [-0.4, -0.2) is 40.5 Å². The molecular formula is C11H20N4O2. The third-order valence-electron chi connectivity index (χ3n) is 2.88. The van der Waals surface area contributed by atoms with E-state index in [1.807, 2.05) is 11.8 Å². The second-order valence-corrected chi connectivity index (χ2v) is 4.82. The average Bonchev–Trinajstić information content (AvgIpc) is 2.85. The van der Waals surface area contributed by atoms with Crippen molar-refractivity contribution in [2.75, 3.05) is 24.5 Å². The molecule has 1 aromatic heterocycles. The Bertz CT molecular complexity index is 364. The molecule has 2 heterocycles. The van der Waals surface area contributed by atoms with E-state index in [2.05, 4.69) is 22.4 Å². The smallest absolute Gasteiger partial charge is 0.318 e. The van der Waals surface area contributed by atoms with Crippen molar-refractivity contribution in [3.63, 3.8) is 0 Å². The SMILES string of the molecule is CCCNCc1nnc(N2CCC(C)(O)C2)o1. The van der Waals surface area contributed by atoms with Gasteiger partial charge in [0, 0.05) is 6.54 Å². The van der Waals surface area contributed by atoms with Gasteiger partial charge in [0.1, 0.15) is 0 Å². The fourth-order valence-corrected chi connectivity index (χ4v) is 1.92. The van der Waals surface area contributed by atoms with Gasteiger partial charge in [-0.25, -0.2) is 0 Å². The van der Waals surface area contributed by atoms with Crippen molar-refractivity contribution in [2.24, 2.45) is 0 Å². The predicted molar refractivity (Wildman–Crippen MR) is 63.7 cm³/mol. The highest BCUT2D eigenvalue weighted by atomic mass is 16.4. The van der Waals surface area contributed by atoms with E-state index < -0.39 is 5.60 Å². The lowest BCUT2D eigenvalue weighted by Gasteiger charge is -2.16. The minimum atomic E-state index is -0.644. The molecule has 6 nitrogen and oxygen atoms in total. The molecule has 1 aliphatic heterocycles. The number of aromatic nitrogens is 2. The van der Waals surface area contributed by atoms with Gasteiger partial charge in [0.15, 0.2) is 0 Å². The monoisotopic (exact) mass is 240 g/mol. The molecule has 0 aliphatic carbocycles. The van der Waals surface area contributed by atoms with Crippen molar-refractivity contribution in [1.82, 2.24) is 15.5 Å². The number of anilines is 1. The largest absolute Gasteiger partial charge is 0.407 e. The van der Waals surface area contributed by atoms with E-state index in [0.717, 1.165) is 25.9 Å². The van der Waals surface area contributed by atoms with Crippen LogP contribution in [0.4, 0.5) is 6.01 Å². The van der Waals surface area contributed by atoms with Crippen LogP contribution in [0.2, 0.25) is 0 Å². The van der Waals surface area contributed by atoms with Gasteiger partial charge < -0.3 is 19.7 Å². The van der Waals surface area contributed by atoms with E-state index in [9.17, 15) is 5.11 Å². The molecule has 1 fully saturated rings. The highest BCUT2D eigenvalue weighted by molar-refractivity contribution is 5.28. The van der Waals surface area contributed by atoms with Crippen LogP contribution in [0.25, 0.3) is 0 Å². The summed E-state index contributed by atoms with van der Waals surface area (Å²) in [5, 5.41) is 21.0. The van der Waals surface area contributed by atoms with Gasteiger partial charge in [-0.3, -0.25) is 0 Å². The Hall–Kier alpha value is -1.14. The Morgan fingerprint density at radius 2 is 2.35 bits per heavy atom. The number of aliphatic hydroxyl groups is 1. The van der Waals surface area contributed by atoms with E-state index in [4.69, 9.17) is 4.42 Å². The van der Waals surface area contributed by atoms with Crippen molar-refractivity contribution in [1.29, 1.82) is 0 Å². The predicted octanol–water partition coefficient (Wildman–Crippen LogP) is 0.530. The normalized spacial score (nSPS) is 24.5. The molecule has 96 valence electrons. The Morgan fingerprint density at radius 3 is 3.00 bits per heavy atom. The lowest BCUT2D eigenvalue weighted by Crippen LogP contribution is -2.29. The maximum Gasteiger partial charge on any atom is 0.318 e. The summed E-state index contributed by atoms with van der Waals surface area (Å²) in [6.45, 7) is 6.79. The molecule has 2 rings (SSSR count). The Balaban J connectivity index is 1.90. The second-order valence-electron chi connectivity index (χ2n) is 4.82. The first-order valence-electron chi connectivity index (χ1n) is 6.11. The first-order valence-corrected chi connectivity index (χ1v) is 6.11. The third-order valence-corrected chi connectivity index (χ3v) is 2.88. The van der Waals surface area contributed by atoms with Crippen molar-refractivity contribution in [3.05, 3.63) is 5.89 Å². The first kappa shape index (κ1) is 12.3.